The number of amides is 1. The fourth-order valence-corrected chi connectivity index (χ4v) is 4.40. The van der Waals surface area contributed by atoms with Crippen LogP contribution in [0.5, 0.6) is 0 Å². The van der Waals surface area contributed by atoms with Crippen molar-refractivity contribution in [2.75, 3.05) is 6.54 Å². The second kappa shape index (κ2) is 9.24. The molecule has 2 aromatic carbocycles. The fraction of sp³-hybridized carbons (Fsp3) is 0.269. The summed E-state index contributed by atoms with van der Waals surface area (Å²) in [5.74, 6) is -0.123. The maximum atomic E-state index is 13.3. The van der Waals surface area contributed by atoms with E-state index in [0.29, 0.717) is 23.8 Å². The molecular weight excluding hydrogens is 436 g/mol. The fourth-order valence-electron chi connectivity index (χ4n) is 4.23. The Morgan fingerprint density at radius 3 is 2.48 bits per heavy atom. The zero-order valence-corrected chi connectivity index (χ0v) is 20.1. The van der Waals surface area contributed by atoms with Crippen LogP contribution in [0.3, 0.4) is 0 Å². The summed E-state index contributed by atoms with van der Waals surface area (Å²) in [6, 6.07) is 17.0. The first-order valence-electron chi connectivity index (χ1n) is 11.0. The van der Waals surface area contributed by atoms with Crippen LogP contribution in [-0.4, -0.2) is 31.7 Å². The third-order valence-electron chi connectivity index (χ3n) is 6.00. The molecule has 33 heavy (non-hydrogen) atoms. The monoisotopic (exact) mass is 462 g/mol. The molecule has 0 aliphatic carbocycles. The number of halogens is 1. The molecule has 2 aromatic heterocycles. The van der Waals surface area contributed by atoms with Crippen molar-refractivity contribution >= 4 is 28.5 Å². The predicted molar refractivity (Wildman–Crippen MR) is 132 cm³/mol. The highest BCUT2D eigenvalue weighted by Crippen LogP contribution is 2.28. The summed E-state index contributed by atoms with van der Waals surface area (Å²) in [5.41, 5.74) is 4.68. The summed E-state index contributed by atoms with van der Waals surface area (Å²) in [4.78, 5) is 28.2. The summed E-state index contributed by atoms with van der Waals surface area (Å²) in [5, 5.41) is 6.22. The maximum absolute atomic E-state index is 13.3. The summed E-state index contributed by atoms with van der Waals surface area (Å²) in [7, 11) is 0. The summed E-state index contributed by atoms with van der Waals surface area (Å²) >= 11 is 6.38. The number of benzene rings is 2. The molecule has 0 aliphatic rings. The SMILES string of the molecule is CCN(Cc1ccccc1)C(=O)Cn1c(=O)cc(C)c2c(C)nn(-c3cccc(Cl)c3C)c21. The van der Waals surface area contributed by atoms with Gasteiger partial charge in [-0.1, -0.05) is 48.0 Å². The van der Waals surface area contributed by atoms with Crippen LogP contribution in [0.25, 0.3) is 16.7 Å². The molecule has 0 fully saturated rings. The van der Waals surface area contributed by atoms with Gasteiger partial charge >= 0.3 is 0 Å². The first-order chi connectivity index (χ1) is 15.8. The van der Waals surface area contributed by atoms with Crippen LogP contribution in [0.2, 0.25) is 5.02 Å². The number of carbonyl (C=O) groups is 1. The molecular formula is C26H27ClN4O2. The number of hydrogen-bond acceptors (Lipinski definition) is 3. The Balaban J connectivity index is 1.83. The average Bonchev–Trinajstić information content (AvgIpc) is 3.14. The van der Waals surface area contributed by atoms with Gasteiger partial charge in [0.25, 0.3) is 5.56 Å². The molecule has 4 aromatic rings. The summed E-state index contributed by atoms with van der Waals surface area (Å²) in [6.07, 6.45) is 0. The van der Waals surface area contributed by atoms with Crippen molar-refractivity contribution < 1.29 is 4.79 Å². The Bertz CT molecular complexity index is 1390. The minimum absolute atomic E-state index is 0.0684. The lowest BCUT2D eigenvalue weighted by Crippen LogP contribution is -2.36. The van der Waals surface area contributed by atoms with Crippen LogP contribution in [0, 0.1) is 20.8 Å². The highest BCUT2D eigenvalue weighted by atomic mass is 35.5. The third-order valence-corrected chi connectivity index (χ3v) is 6.41. The number of pyridine rings is 1. The molecule has 0 radical (unpaired) electrons. The van der Waals surface area contributed by atoms with Crippen LogP contribution in [0.1, 0.15) is 29.3 Å². The Morgan fingerprint density at radius 1 is 1.06 bits per heavy atom. The van der Waals surface area contributed by atoms with Gasteiger partial charge in [0.05, 0.1) is 11.4 Å². The largest absolute Gasteiger partial charge is 0.337 e. The lowest BCUT2D eigenvalue weighted by atomic mass is 10.1. The van der Waals surface area contributed by atoms with E-state index in [4.69, 9.17) is 16.7 Å². The smallest absolute Gasteiger partial charge is 0.252 e. The van der Waals surface area contributed by atoms with Crippen LogP contribution in [0.15, 0.2) is 59.4 Å². The van der Waals surface area contributed by atoms with Gasteiger partial charge in [0, 0.05) is 29.6 Å². The Hall–Kier alpha value is -3.38. The zero-order chi connectivity index (χ0) is 23.7. The molecule has 7 heteroatoms. The Kier molecular flexibility index (Phi) is 6.38. The molecule has 0 aliphatic heterocycles. The predicted octanol–water partition coefficient (Wildman–Crippen LogP) is 4.81. The average molecular weight is 463 g/mol. The van der Waals surface area contributed by atoms with Gasteiger partial charge in [-0.15, -0.1) is 0 Å². The second-order valence-electron chi connectivity index (χ2n) is 8.23. The summed E-state index contributed by atoms with van der Waals surface area (Å²) < 4.78 is 3.26. The molecule has 4 rings (SSSR count). The number of hydrogen-bond donors (Lipinski definition) is 0. The highest BCUT2D eigenvalue weighted by Gasteiger charge is 2.21. The van der Waals surface area contributed by atoms with Crippen LogP contribution in [-0.2, 0) is 17.9 Å². The van der Waals surface area contributed by atoms with Crippen molar-refractivity contribution in [3.8, 4) is 5.69 Å². The van der Waals surface area contributed by atoms with Crippen molar-refractivity contribution in [3.05, 3.63) is 92.4 Å². The molecule has 0 spiro atoms. The number of carbonyl (C=O) groups excluding carboxylic acids is 1. The molecule has 0 saturated heterocycles. The molecule has 0 N–H and O–H groups in total. The van der Waals surface area contributed by atoms with E-state index in [1.807, 2.05) is 76.2 Å². The maximum Gasteiger partial charge on any atom is 0.252 e. The van der Waals surface area contributed by atoms with Gasteiger partial charge in [-0.05, 0) is 56.5 Å². The van der Waals surface area contributed by atoms with E-state index in [2.05, 4.69) is 0 Å². The van der Waals surface area contributed by atoms with Crippen molar-refractivity contribution in [3.63, 3.8) is 0 Å². The topological polar surface area (TPSA) is 60.1 Å². The van der Waals surface area contributed by atoms with Crippen molar-refractivity contribution in [2.45, 2.75) is 40.8 Å². The number of fused-ring (bicyclic) bond motifs is 1. The van der Waals surface area contributed by atoms with E-state index < -0.39 is 0 Å². The molecule has 0 atom stereocenters. The van der Waals surface area contributed by atoms with E-state index in [1.54, 1.807) is 15.6 Å². The van der Waals surface area contributed by atoms with E-state index in [9.17, 15) is 9.59 Å². The van der Waals surface area contributed by atoms with Crippen LogP contribution < -0.4 is 5.56 Å². The third kappa shape index (κ3) is 4.31. The van der Waals surface area contributed by atoms with Crippen molar-refractivity contribution in [2.24, 2.45) is 0 Å². The lowest BCUT2D eigenvalue weighted by molar-refractivity contribution is -0.132. The van der Waals surface area contributed by atoms with Gasteiger partial charge in [0.2, 0.25) is 5.91 Å². The Labute approximate surface area is 198 Å². The molecule has 170 valence electrons. The number of likely N-dealkylation sites (N-methyl/N-ethyl adjacent to an activating group) is 1. The normalized spacial score (nSPS) is 11.2. The van der Waals surface area contributed by atoms with Gasteiger partial charge in [0.1, 0.15) is 12.2 Å². The van der Waals surface area contributed by atoms with Gasteiger partial charge in [-0.25, -0.2) is 4.68 Å². The molecule has 2 heterocycles. The van der Waals surface area contributed by atoms with Gasteiger partial charge in [-0.3, -0.25) is 14.2 Å². The van der Waals surface area contributed by atoms with E-state index in [-0.39, 0.29) is 18.0 Å². The van der Waals surface area contributed by atoms with Crippen molar-refractivity contribution in [1.29, 1.82) is 0 Å². The summed E-state index contributed by atoms with van der Waals surface area (Å²) in [6.45, 7) is 8.64. The molecule has 6 nitrogen and oxygen atoms in total. The van der Waals surface area contributed by atoms with E-state index in [0.717, 1.165) is 33.5 Å². The van der Waals surface area contributed by atoms with Crippen LogP contribution >= 0.6 is 11.6 Å². The van der Waals surface area contributed by atoms with Gasteiger partial charge in [-0.2, -0.15) is 5.10 Å². The molecule has 0 bridgehead atoms. The highest BCUT2D eigenvalue weighted by molar-refractivity contribution is 6.31. The molecule has 0 unspecified atom stereocenters. The number of aromatic nitrogens is 3. The molecule has 0 saturated carbocycles. The minimum Gasteiger partial charge on any atom is -0.337 e. The molecule has 1 amide bonds. The van der Waals surface area contributed by atoms with Gasteiger partial charge in [0.15, 0.2) is 0 Å². The standard InChI is InChI=1S/C26H27ClN4O2/c1-5-29(15-20-10-7-6-8-11-20)24(33)16-30-23(32)14-17(2)25-19(4)28-31(26(25)30)22-13-9-12-21(27)18(22)3/h6-14H,5,15-16H2,1-4H3. The Morgan fingerprint density at radius 2 is 1.79 bits per heavy atom. The first kappa shape index (κ1) is 22.8. The lowest BCUT2D eigenvalue weighted by Gasteiger charge is -2.22. The van der Waals surface area contributed by atoms with E-state index in [1.165, 1.54) is 4.57 Å². The zero-order valence-electron chi connectivity index (χ0n) is 19.3. The quantitative estimate of drug-likeness (QED) is 0.413. The number of aryl methyl sites for hydroxylation is 2. The van der Waals surface area contributed by atoms with Gasteiger partial charge < -0.3 is 4.90 Å². The van der Waals surface area contributed by atoms with E-state index >= 15 is 0 Å². The first-order valence-corrected chi connectivity index (χ1v) is 11.4. The van der Waals surface area contributed by atoms with Crippen molar-refractivity contribution in [1.82, 2.24) is 19.2 Å². The second-order valence-corrected chi connectivity index (χ2v) is 8.63. The number of nitrogens with zero attached hydrogens (tertiary/aromatic N) is 4. The minimum atomic E-state index is -0.232. The number of rotatable bonds is 6. The van der Waals surface area contributed by atoms with Crippen LogP contribution in [0.4, 0.5) is 0 Å².